The summed E-state index contributed by atoms with van der Waals surface area (Å²) in [5, 5.41) is 8.02. The summed E-state index contributed by atoms with van der Waals surface area (Å²) in [7, 11) is 1.70. The van der Waals surface area contributed by atoms with Crippen molar-refractivity contribution in [1.82, 2.24) is 10.2 Å². The Balaban J connectivity index is 2.23. The number of rotatable bonds is 6. The fraction of sp³-hybridized carbons (Fsp3) is 0.636. The van der Waals surface area contributed by atoms with Gasteiger partial charge in [0.2, 0.25) is 0 Å². The normalized spacial score (nSPS) is 11.8. The van der Waals surface area contributed by atoms with E-state index in [9.17, 15) is 0 Å². The standard InChI is InChI=1S/C11H17ClN2O2/c1-11(2,15-3)6-7-16-8-9-4-5-10(12)14-13-9/h4-5H,6-8H2,1-3H3. The van der Waals surface area contributed by atoms with Crippen LogP contribution in [0.3, 0.4) is 0 Å². The van der Waals surface area contributed by atoms with Crippen LogP contribution < -0.4 is 0 Å². The van der Waals surface area contributed by atoms with Gasteiger partial charge in [0.1, 0.15) is 0 Å². The second-order valence-electron chi connectivity index (χ2n) is 4.11. The summed E-state index contributed by atoms with van der Waals surface area (Å²) in [4.78, 5) is 0. The van der Waals surface area contributed by atoms with Crippen LogP contribution in [0.5, 0.6) is 0 Å². The molecular formula is C11H17ClN2O2. The summed E-state index contributed by atoms with van der Waals surface area (Å²) in [5.74, 6) is 0. The third-order valence-corrected chi connectivity index (χ3v) is 2.54. The van der Waals surface area contributed by atoms with Crippen molar-refractivity contribution >= 4 is 11.6 Å². The Morgan fingerprint density at radius 1 is 1.31 bits per heavy atom. The fourth-order valence-corrected chi connectivity index (χ4v) is 1.12. The maximum Gasteiger partial charge on any atom is 0.151 e. The Labute approximate surface area is 101 Å². The van der Waals surface area contributed by atoms with Crippen LogP contribution in [-0.2, 0) is 16.1 Å². The van der Waals surface area contributed by atoms with Gasteiger partial charge in [0.05, 0.1) is 17.9 Å². The van der Waals surface area contributed by atoms with Gasteiger partial charge in [0, 0.05) is 13.7 Å². The van der Waals surface area contributed by atoms with Crippen LogP contribution in [0.2, 0.25) is 5.15 Å². The fourth-order valence-electron chi connectivity index (χ4n) is 1.02. The first kappa shape index (κ1) is 13.4. The van der Waals surface area contributed by atoms with Gasteiger partial charge in [-0.2, -0.15) is 5.10 Å². The highest BCUT2D eigenvalue weighted by Crippen LogP contribution is 2.13. The first-order valence-corrected chi connectivity index (χ1v) is 5.52. The van der Waals surface area contributed by atoms with Crippen molar-refractivity contribution in [3.8, 4) is 0 Å². The molecule has 0 saturated heterocycles. The second kappa shape index (κ2) is 6.13. The van der Waals surface area contributed by atoms with E-state index in [0.29, 0.717) is 18.4 Å². The Morgan fingerprint density at radius 3 is 2.62 bits per heavy atom. The van der Waals surface area contributed by atoms with Crippen molar-refractivity contribution in [1.29, 1.82) is 0 Å². The molecule has 1 aromatic rings. The SMILES string of the molecule is COC(C)(C)CCOCc1ccc(Cl)nn1. The third-order valence-electron chi connectivity index (χ3n) is 2.34. The minimum absolute atomic E-state index is 0.147. The van der Waals surface area contributed by atoms with E-state index in [2.05, 4.69) is 10.2 Å². The molecule has 1 rings (SSSR count). The summed E-state index contributed by atoms with van der Waals surface area (Å²) < 4.78 is 10.8. The summed E-state index contributed by atoms with van der Waals surface area (Å²) in [6, 6.07) is 3.50. The second-order valence-corrected chi connectivity index (χ2v) is 4.50. The van der Waals surface area contributed by atoms with E-state index in [0.717, 1.165) is 12.1 Å². The molecule has 0 aliphatic carbocycles. The van der Waals surface area contributed by atoms with Crippen LogP contribution in [0.15, 0.2) is 12.1 Å². The molecule has 0 saturated carbocycles. The molecule has 1 aromatic heterocycles. The van der Waals surface area contributed by atoms with Crippen molar-refractivity contribution < 1.29 is 9.47 Å². The lowest BCUT2D eigenvalue weighted by Crippen LogP contribution is -2.24. The van der Waals surface area contributed by atoms with E-state index in [-0.39, 0.29) is 5.60 Å². The van der Waals surface area contributed by atoms with Gasteiger partial charge in [0.15, 0.2) is 5.15 Å². The summed E-state index contributed by atoms with van der Waals surface area (Å²) >= 11 is 5.62. The number of methoxy groups -OCH3 is 1. The van der Waals surface area contributed by atoms with E-state index in [1.165, 1.54) is 0 Å². The summed E-state index contributed by atoms with van der Waals surface area (Å²) in [5.41, 5.74) is 0.630. The van der Waals surface area contributed by atoms with Gasteiger partial charge in [-0.3, -0.25) is 0 Å². The molecule has 0 aliphatic heterocycles. The highest BCUT2D eigenvalue weighted by Gasteiger charge is 2.15. The maximum atomic E-state index is 5.62. The van der Waals surface area contributed by atoms with E-state index >= 15 is 0 Å². The van der Waals surface area contributed by atoms with Gasteiger partial charge >= 0.3 is 0 Å². The van der Waals surface area contributed by atoms with Crippen LogP contribution >= 0.6 is 11.6 Å². The molecule has 1 heterocycles. The molecule has 90 valence electrons. The molecule has 0 aliphatic rings. The van der Waals surface area contributed by atoms with Crippen molar-refractivity contribution in [3.05, 3.63) is 23.0 Å². The van der Waals surface area contributed by atoms with E-state index in [4.69, 9.17) is 21.1 Å². The highest BCUT2D eigenvalue weighted by molar-refractivity contribution is 6.29. The van der Waals surface area contributed by atoms with E-state index in [1.54, 1.807) is 19.2 Å². The first-order chi connectivity index (χ1) is 7.53. The average Bonchev–Trinajstić information content (AvgIpc) is 2.27. The molecule has 0 spiro atoms. The largest absolute Gasteiger partial charge is 0.379 e. The Kier molecular flexibility index (Phi) is 5.12. The van der Waals surface area contributed by atoms with Crippen molar-refractivity contribution in [2.45, 2.75) is 32.5 Å². The van der Waals surface area contributed by atoms with Crippen LogP contribution in [0.1, 0.15) is 26.0 Å². The Morgan fingerprint density at radius 2 is 2.06 bits per heavy atom. The van der Waals surface area contributed by atoms with E-state index in [1.807, 2.05) is 13.8 Å². The molecule has 0 N–H and O–H groups in total. The van der Waals surface area contributed by atoms with Crippen LogP contribution in [0, 0.1) is 0 Å². The van der Waals surface area contributed by atoms with Crippen LogP contribution in [0.25, 0.3) is 0 Å². The number of aromatic nitrogens is 2. The molecule has 0 radical (unpaired) electrons. The highest BCUT2D eigenvalue weighted by atomic mass is 35.5. The zero-order chi connectivity index (χ0) is 12.0. The maximum absolute atomic E-state index is 5.62. The lowest BCUT2D eigenvalue weighted by atomic mass is 10.1. The first-order valence-electron chi connectivity index (χ1n) is 5.14. The molecule has 0 amide bonds. The molecule has 0 fully saturated rings. The van der Waals surface area contributed by atoms with Gasteiger partial charge < -0.3 is 9.47 Å². The Bertz CT molecular complexity index is 314. The van der Waals surface area contributed by atoms with Gasteiger partial charge in [-0.1, -0.05) is 11.6 Å². The number of hydrogen-bond donors (Lipinski definition) is 0. The lowest BCUT2D eigenvalue weighted by molar-refractivity contribution is -0.0128. The summed E-state index contributed by atoms with van der Waals surface area (Å²) in [6.45, 7) is 5.13. The molecular weight excluding hydrogens is 228 g/mol. The Hall–Kier alpha value is -0.710. The van der Waals surface area contributed by atoms with Gasteiger partial charge in [-0.15, -0.1) is 5.10 Å². The predicted molar refractivity (Wildman–Crippen MR) is 62.4 cm³/mol. The number of nitrogens with zero attached hydrogens (tertiary/aromatic N) is 2. The minimum Gasteiger partial charge on any atom is -0.379 e. The smallest absolute Gasteiger partial charge is 0.151 e. The zero-order valence-electron chi connectivity index (χ0n) is 9.86. The summed E-state index contributed by atoms with van der Waals surface area (Å²) in [6.07, 6.45) is 0.838. The third kappa shape index (κ3) is 4.88. The monoisotopic (exact) mass is 244 g/mol. The number of hydrogen-bond acceptors (Lipinski definition) is 4. The quantitative estimate of drug-likeness (QED) is 0.721. The molecule has 5 heteroatoms. The zero-order valence-corrected chi connectivity index (χ0v) is 10.6. The van der Waals surface area contributed by atoms with Crippen LogP contribution in [0.4, 0.5) is 0 Å². The van der Waals surface area contributed by atoms with Gasteiger partial charge in [-0.25, -0.2) is 0 Å². The van der Waals surface area contributed by atoms with Crippen LogP contribution in [-0.4, -0.2) is 29.5 Å². The predicted octanol–water partition coefficient (Wildman–Crippen LogP) is 2.46. The topological polar surface area (TPSA) is 44.2 Å². The molecule has 4 nitrogen and oxygen atoms in total. The molecule has 16 heavy (non-hydrogen) atoms. The van der Waals surface area contributed by atoms with Crippen molar-refractivity contribution in [2.24, 2.45) is 0 Å². The average molecular weight is 245 g/mol. The van der Waals surface area contributed by atoms with Crippen molar-refractivity contribution in [2.75, 3.05) is 13.7 Å². The molecule has 0 unspecified atom stereocenters. The molecule has 0 atom stereocenters. The van der Waals surface area contributed by atoms with Gasteiger partial charge in [0.25, 0.3) is 0 Å². The lowest BCUT2D eigenvalue weighted by Gasteiger charge is -2.22. The molecule has 0 bridgehead atoms. The molecule has 0 aromatic carbocycles. The van der Waals surface area contributed by atoms with E-state index < -0.39 is 0 Å². The minimum atomic E-state index is -0.147. The number of ether oxygens (including phenoxy) is 2. The van der Waals surface area contributed by atoms with Gasteiger partial charge in [-0.05, 0) is 32.4 Å². The number of halogens is 1. The van der Waals surface area contributed by atoms with Crippen molar-refractivity contribution in [3.63, 3.8) is 0 Å².